The summed E-state index contributed by atoms with van der Waals surface area (Å²) in [5.74, 6) is 0.216. The lowest BCUT2D eigenvalue weighted by Crippen LogP contribution is -2.45. The number of halogens is 1. The highest BCUT2D eigenvalue weighted by atomic mass is 35.5. The third-order valence-electron chi connectivity index (χ3n) is 5.43. The first-order valence-corrected chi connectivity index (χ1v) is 11.4. The van der Waals surface area contributed by atoms with Crippen LogP contribution in [0.1, 0.15) is 32.3 Å². The third-order valence-corrected chi connectivity index (χ3v) is 7.01. The second-order valence-corrected chi connectivity index (χ2v) is 9.42. The van der Waals surface area contributed by atoms with Gasteiger partial charge in [0.05, 0.1) is 15.2 Å². The zero-order valence-corrected chi connectivity index (χ0v) is 18.4. The summed E-state index contributed by atoms with van der Waals surface area (Å²) in [6.45, 7) is 6.85. The molecule has 4 rings (SSSR count). The summed E-state index contributed by atoms with van der Waals surface area (Å²) in [6, 6.07) is 14.8. The summed E-state index contributed by atoms with van der Waals surface area (Å²) >= 11 is 7.92. The van der Waals surface area contributed by atoms with Crippen molar-refractivity contribution in [3.63, 3.8) is 0 Å². The van der Waals surface area contributed by atoms with E-state index in [1.54, 1.807) is 11.3 Å². The van der Waals surface area contributed by atoms with Crippen LogP contribution in [-0.2, 0) is 11.3 Å². The molecule has 29 heavy (non-hydrogen) atoms. The highest BCUT2D eigenvalue weighted by molar-refractivity contribution is 7.22. The first-order chi connectivity index (χ1) is 14.0. The number of fused-ring (bicyclic) bond motifs is 1. The fourth-order valence-corrected chi connectivity index (χ4v) is 4.91. The lowest BCUT2D eigenvalue weighted by Gasteiger charge is -2.32. The van der Waals surface area contributed by atoms with E-state index in [0.29, 0.717) is 6.04 Å². The maximum Gasteiger partial charge on any atom is 0.222 e. The lowest BCUT2D eigenvalue weighted by molar-refractivity contribution is -0.125. The Kier molecular flexibility index (Phi) is 6.18. The van der Waals surface area contributed by atoms with E-state index < -0.39 is 0 Å². The summed E-state index contributed by atoms with van der Waals surface area (Å²) in [5.41, 5.74) is 3.38. The van der Waals surface area contributed by atoms with Gasteiger partial charge in [0.1, 0.15) is 5.01 Å². The quantitative estimate of drug-likeness (QED) is 0.596. The Morgan fingerprint density at radius 2 is 1.93 bits per heavy atom. The summed E-state index contributed by atoms with van der Waals surface area (Å²) in [6.07, 6.45) is 2.03. The molecule has 2 aromatic carbocycles. The molecule has 0 aliphatic carbocycles. The van der Waals surface area contributed by atoms with Gasteiger partial charge in [-0.2, -0.15) is 0 Å². The molecule has 1 fully saturated rings. The highest BCUT2D eigenvalue weighted by Crippen LogP contribution is 2.34. The number of carbonyl (C=O) groups excluding carboxylic acids is 1. The highest BCUT2D eigenvalue weighted by Gasteiger charge is 2.21. The van der Waals surface area contributed by atoms with Crippen molar-refractivity contribution in [1.82, 2.24) is 15.2 Å². The molecule has 1 aromatic heterocycles. The van der Waals surface area contributed by atoms with Crippen LogP contribution in [0.15, 0.2) is 42.5 Å². The number of aromatic nitrogens is 1. The van der Waals surface area contributed by atoms with Crippen LogP contribution in [0.2, 0.25) is 5.02 Å². The molecule has 2 heterocycles. The van der Waals surface area contributed by atoms with E-state index in [4.69, 9.17) is 16.6 Å². The van der Waals surface area contributed by atoms with E-state index in [1.807, 2.05) is 32.0 Å². The number of piperidine rings is 1. The molecule has 1 amide bonds. The summed E-state index contributed by atoms with van der Waals surface area (Å²) in [4.78, 5) is 19.1. The predicted octanol–water partition coefficient (Wildman–Crippen LogP) is 5.35. The zero-order valence-electron chi connectivity index (χ0n) is 16.8. The Hall–Kier alpha value is -1.95. The number of nitrogens with zero attached hydrogens (tertiary/aromatic N) is 2. The molecule has 0 spiro atoms. The molecule has 3 aromatic rings. The van der Waals surface area contributed by atoms with Crippen molar-refractivity contribution < 1.29 is 4.79 Å². The predicted molar refractivity (Wildman–Crippen MR) is 121 cm³/mol. The molecule has 0 radical (unpaired) electrons. The van der Waals surface area contributed by atoms with Crippen LogP contribution in [0, 0.1) is 5.92 Å². The minimum absolute atomic E-state index is 0.0537. The number of nitrogens with one attached hydrogen (secondary N) is 1. The second-order valence-electron chi connectivity index (χ2n) is 8.02. The van der Waals surface area contributed by atoms with E-state index in [1.165, 1.54) is 5.56 Å². The number of rotatable bonds is 5. The zero-order chi connectivity index (χ0) is 20.4. The molecule has 1 aliphatic rings. The van der Waals surface area contributed by atoms with Crippen LogP contribution in [-0.4, -0.2) is 34.9 Å². The first-order valence-electron chi connectivity index (χ1n) is 10.2. The number of carbonyl (C=O) groups is 1. The van der Waals surface area contributed by atoms with Gasteiger partial charge in [-0.3, -0.25) is 9.69 Å². The van der Waals surface area contributed by atoms with E-state index >= 15 is 0 Å². The molecule has 1 saturated heterocycles. The fraction of sp³-hybridized carbons (Fsp3) is 0.391. The van der Waals surface area contributed by atoms with Gasteiger partial charge in [-0.05, 0) is 30.5 Å². The van der Waals surface area contributed by atoms with Gasteiger partial charge in [-0.1, -0.05) is 55.8 Å². The normalized spacial score (nSPS) is 15.9. The number of benzene rings is 2. The SMILES string of the molecule is CC(C)C(=O)NC1CCN(Cc2ccc(-c3nc4cccc(Cl)c4s3)cc2)CC1. The molecule has 0 bridgehead atoms. The molecule has 0 atom stereocenters. The number of hydrogen-bond donors (Lipinski definition) is 1. The Labute approximate surface area is 180 Å². The van der Waals surface area contributed by atoms with Crippen LogP contribution in [0.25, 0.3) is 20.8 Å². The Morgan fingerprint density at radius 3 is 2.59 bits per heavy atom. The maximum absolute atomic E-state index is 11.9. The van der Waals surface area contributed by atoms with Gasteiger partial charge in [0.25, 0.3) is 0 Å². The van der Waals surface area contributed by atoms with Gasteiger partial charge in [0.2, 0.25) is 5.91 Å². The largest absolute Gasteiger partial charge is 0.353 e. The second kappa shape index (κ2) is 8.82. The van der Waals surface area contributed by atoms with Crippen molar-refractivity contribution in [1.29, 1.82) is 0 Å². The molecule has 0 saturated carbocycles. The van der Waals surface area contributed by atoms with E-state index in [-0.39, 0.29) is 11.8 Å². The van der Waals surface area contributed by atoms with Crippen molar-refractivity contribution in [2.75, 3.05) is 13.1 Å². The molecular weight excluding hydrogens is 402 g/mol. The van der Waals surface area contributed by atoms with E-state index in [2.05, 4.69) is 34.5 Å². The van der Waals surface area contributed by atoms with Crippen LogP contribution in [0.3, 0.4) is 0 Å². The van der Waals surface area contributed by atoms with Crippen molar-refractivity contribution in [3.05, 3.63) is 53.1 Å². The number of likely N-dealkylation sites (tertiary alicyclic amines) is 1. The summed E-state index contributed by atoms with van der Waals surface area (Å²) in [7, 11) is 0. The average molecular weight is 428 g/mol. The number of thiazole rings is 1. The molecule has 152 valence electrons. The summed E-state index contributed by atoms with van der Waals surface area (Å²) in [5, 5.41) is 4.92. The van der Waals surface area contributed by atoms with E-state index in [0.717, 1.165) is 58.3 Å². The molecule has 1 N–H and O–H groups in total. The van der Waals surface area contributed by atoms with Crippen LogP contribution >= 0.6 is 22.9 Å². The summed E-state index contributed by atoms with van der Waals surface area (Å²) < 4.78 is 1.04. The van der Waals surface area contributed by atoms with Crippen molar-refractivity contribution >= 4 is 39.1 Å². The maximum atomic E-state index is 11.9. The topological polar surface area (TPSA) is 45.2 Å². The van der Waals surface area contributed by atoms with Gasteiger partial charge in [-0.25, -0.2) is 4.98 Å². The van der Waals surface area contributed by atoms with Crippen molar-refractivity contribution in [2.45, 2.75) is 39.3 Å². The minimum Gasteiger partial charge on any atom is -0.353 e. The monoisotopic (exact) mass is 427 g/mol. The van der Waals surface area contributed by atoms with Gasteiger partial charge in [0.15, 0.2) is 0 Å². The van der Waals surface area contributed by atoms with Crippen LogP contribution in [0.4, 0.5) is 0 Å². The molecule has 4 nitrogen and oxygen atoms in total. The van der Waals surface area contributed by atoms with Gasteiger partial charge in [-0.15, -0.1) is 11.3 Å². The fourth-order valence-electron chi connectivity index (χ4n) is 3.65. The van der Waals surface area contributed by atoms with Crippen LogP contribution < -0.4 is 5.32 Å². The third kappa shape index (κ3) is 4.80. The smallest absolute Gasteiger partial charge is 0.222 e. The Morgan fingerprint density at radius 1 is 1.21 bits per heavy atom. The Balaban J connectivity index is 1.35. The first kappa shape index (κ1) is 20.3. The average Bonchev–Trinajstić information content (AvgIpc) is 3.16. The Bertz CT molecular complexity index is 991. The van der Waals surface area contributed by atoms with Gasteiger partial charge >= 0.3 is 0 Å². The lowest BCUT2D eigenvalue weighted by atomic mass is 10.0. The standard InChI is InChI=1S/C23H26ClN3OS/c1-15(2)22(28)25-18-10-12-27(13-11-18)14-16-6-8-17(9-7-16)23-26-20-5-3-4-19(24)21(20)29-23/h3-9,15,18H,10-14H2,1-2H3,(H,25,28). The van der Waals surface area contributed by atoms with Gasteiger partial charge < -0.3 is 5.32 Å². The van der Waals surface area contributed by atoms with Gasteiger partial charge in [0, 0.05) is 37.2 Å². The molecule has 1 aliphatic heterocycles. The minimum atomic E-state index is 0.0537. The molecular formula is C23H26ClN3OS. The van der Waals surface area contributed by atoms with Crippen LogP contribution in [0.5, 0.6) is 0 Å². The van der Waals surface area contributed by atoms with E-state index in [9.17, 15) is 4.79 Å². The number of hydrogen-bond acceptors (Lipinski definition) is 4. The molecule has 0 unspecified atom stereocenters. The molecule has 6 heteroatoms. The van der Waals surface area contributed by atoms with Crippen molar-refractivity contribution in [3.8, 4) is 10.6 Å². The number of amides is 1. The van der Waals surface area contributed by atoms with Crippen molar-refractivity contribution in [2.24, 2.45) is 5.92 Å².